The third-order valence-electron chi connectivity index (χ3n) is 4.72. The average Bonchev–Trinajstić information content (AvgIpc) is 2.35. The Kier molecular flexibility index (Phi) is 8.54. The molecule has 1 saturated heterocycles. The van der Waals surface area contributed by atoms with Gasteiger partial charge in [0.2, 0.25) is 0 Å². The van der Waals surface area contributed by atoms with Crippen LogP contribution < -0.4 is 5.32 Å². The van der Waals surface area contributed by atoms with Gasteiger partial charge >= 0.3 is 0 Å². The fraction of sp³-hybridized carbons (Fsp3) is 0.938. The van der Waals surface area contributed by atoms with Crippen LogP contribution in [-0.2, 0) is 4.74 Å². The molecule has 0 unspecified atom stereocenters. The van der Waals surface area contributed by atoms with Gasteiger partial charge in [-0.05, 0) is 26.2 Å². The van der Waals surface area contributed by atoms with Crippen molar-refractivity contribution in [3.63, 3.8) is 0 Å². The van der Waals surface area contributed by atoms with E-state index in [0.29, 0.717) is 11.3 Å². The normalized spacial score (nSPS) is 20.0. The molecule has 1 heterocycles. The molecule has 0 amide bonds. The molecule has 1 rings (SSSR count). The van der Waals surface area contributed by atoms with E-state index >= 15 is 0 Å². The van der Waals surface area contributed by atoms with E-state index in [1.807, 2.05) is 7.05 Å². The molecular formula is C16H34IN3O. The molecule has 126 valence electrons. The van der Waals surface area contributed by atoms with E-state index < -0.39 is 0 Å². The van der Waals surface area contributed by atoms with Crippen molar-refractivity contribution in [1.29, 1.82) is 0 Å². The van der Waals surface area contributed by atoms with Crippen molar-refractivity contribution in [3.8, 4) is 0 Å². The molecule has 21 heavy (non-hydrogen) atoms. The Balaban J connectivity index is 0.00000400. The van der Waals surface area contributed by atoms with Crippen molar-refractivity contribution < 1.29 is 4.74 Å². The Morgan fingerprint density at radius 2 is 1.86 bits per heavy atom. The molecule has 0 bridgehead atoms. The summed E-state index contributed by atoms with van der Waals surface area (Å²) in [7, 11) is 1.85. The summed E-state index contributed by atoms with van der Waals surface area (Å²) >= 11 is 0. The van der Waals surface area contributed by atoms with Crippen LogP contribution in [0.5, 0.6) is 0 Å². The number of hydrogen-bond acceptors (Lipinski definition) is 2. The minimum atomic E-state index is 0. The summed E-state index contributed by atoms with van der Waals surface area (Å²) in [5.41, 5.74) is 0.478. The molecule has 5 heteroatoms. The first-order valence-electron chi connectivity index (χ1n) is 7.78. The van der Waals surface area contributed by atoms with Gasteiger partial charge < -0.3 is 15.0 Å². The van der Waals surface area contributed by atoms with Gasteiger partial charge in [0.1, 0.15) is 0 Å². The highest BCUT2D eigenvalue weighted by atomic mass is 127. The lowest BCUT2D eigenvalue weighted by Crippen LogP contribution is -2.72. The zero-order valence-corrected chi connectivity index (χ0v) is 17.2. The molecule has 0 saturated carbocycles. The van der Waals surface area contributed by atoms with E-state index in [9.17, 15) is 0 Å². The Labute approximate surface area is 148 Å². The zero-order chi connectivity index (χ0) is 15.4. The SMILES string of the molecule is CN=C(NCCOCCC(C)C)N1CC(C)(C)C1(C)C.I. The first kappa shape index (κ1) is 21.0. The summed E-state index contributed by atoms with van der Waals surface area (Å²) in [4.78, 5) is 6.74. The average molecular weight is 411 g/mol. The predicted molar refractivity (Wildman–Crippen MR) is 102 cm³/mol. The minimum absolute atomic E-state index is 0. The number of nitrogens with one attached hydrogen (secondary N) is 1. The summed E-state index contributed by atoms with van der Waals surface area (Å²) in [5.74, 6) is 1.70. The number of halogens is 1. The maximum absolute atomic E-state index is 5.63. The van der Waals surface area contributed by atoms with Crippen LogP contribution in [0.3, 0.4) is 0 Å². The van der Waals surface area contributed by atoms with Gasteiger partial charge in [0.25, 0.3) is 0 Å². The van der Waals surface area contributed by atoms with Crippen molar-refractivity contribution in [3.05, 3.63) is 0 Å². The highest BCUT2D eigenvalue weighted by molar-refractivity contribution is 14.0. The van der Waals surface area contributed by atoms with E-state index in [0.717, 1.165) is 38.7 Å². The van der Waals surface area contributed by atoms with Gasteiger partial charge in [0, 0.05) is 37.7 Å². The van der Waals surface area contributed by atoms with Gasteiger partial charge in [-0.2, -0.15) is 0 Å². The standard InChI is InChI=1S/C16H33N3O.HI/c1-13(2)8-10-20-11-9-18-14(17-7)19-12-15(3,4)16(19,5)6;/h13H,8-12H2,1-7H3,(H,17,18);1H. The molecule has 0 aliphatic carbocycles. The molecule has 0 aromatic carbocycles. The van der Waals surface area contributed by atoms with Gasteiger partial charge in [-0.25, -0.2) is 0 Å². The fourth-order valence-corrected chi connectivity index (χ4v) is 2.35. The van der Waals surface area contributed by atoms with Crippen LogP contribution in [0.4, 0.5) is 0 Å². The van der Waals surface area contributed by atoms with E-state index in [1.54, 1.807) is 0 Å². The molecule has 1 N–H and O–H groups in total. The summed E-state index contributed by atoms with van der Waals surface area (Å²) in [6.07, 6.45) is 1.13. The summed E-state index contributed by atoms with van der Waals surface area (Å²) < 4.78 is 5.63. The topological polar surface area (TPSA) is 36.9 Å². The van der Waals surface area contributed by atoms with Gasteiger partial charge in [-0.1, -0.05) is 27.7 Å². The second-order valence-electron chi connectivity index (χ2n) is 7.30. The Morgan fingerprint density at radius 1 is 1.24 bits per heavy atom. The number of rotatable bonds is 6. The number of likely N-dealkylation sites (tertiary alicyclic amines) is 1. The molecule has 0 aromatic heterocycles. The summed E-state index contributed by atoms with van der Waals surface area (Å²) in [6, 6.07) is 0. The lowest BCUT2D eigenvalue weighted by molar-refractivity contribution is -0.0669. The third-order valence-corrected chi connectivity index (χ3v) is 4.72. The third kappa shape index (κ3) is 5.27. The van der Waals surface area contributed by atoms with Crippen molar-refractivity contribution in [2.45, 2.75) is 53.5 Å². The van der Waals surface area contributed by atoms with E-state index in [-0.39, 0.29) is 29.5 Å². The Morgan fingerprint density at radius 3 is 2.29 bits per heavy atom. The number of nitrogens with zero attached hydrogens (tertiary/aromatic N) is 2. The quantitative estimate of drug-likeness (QED) is 0.315. The molecule has 0 aromatic rings. The largest absolute Gasteiger partial charge is 0.380 e. The maximum atomic E-state index is 5.63. The van der Waals surface area contributed by atoms with Crippen LogP contribution in [0.1, 0.15) is 48.0 Å². The highest BCUT2D eigenvalue weighted by Crippen LogP contribution is 2.46. The summed E-state index contributed by atoms with van der Waals surface area (Å²) in [6.45, 7) is 17.1. The second kappa shape index (κ2) is 8.56. The van der Waals surface area contributed by atoms with Crippen LogP contribution in [0, 0.1) is 11.3 Å². The van der Waals surface area contributed by atoms with Crippen molar-refractivity contribution >= 4 is 29.9 Å². The molecular weight excluding hydrogens is 377 g/mol. The monoisotopic (exact) mass is 411 g/mol. The fourth-order valence-electron chi connectivity index (χ4n) is 2.35. The number of guanidine groups is 1. The van der Waals surface area contributed by atoms with Gasteiger partial charge in [0.15, 0.2) is 5.96 Å². The van der Waals surface area contributed by atoms with Crippen LogP contribution >= 0.6 is 24.0 Å². The van der Waals surface area contributed by atoms with Gasteiger partial charge in [-0.15, -0.1) is 24.0 Å². The maximum Gasteiger partial charge on any atom is 0.194 e. The predicted octanol–water partition coefficient (Wildman–Crippen LogP) is 3.36. The van der Waals surface area contributed by atoms with Crippen LogP contribution in [0.15, 0.2) is 4.99 Å². The lowest BCUT2D eigenvalue weighted by Gasteiger charge is -2.62. The van der Waals surface area contributed by atoms with Gasteiger partial charge in [0.05, 0.1) is 6.61 Å². The first-order valence-corrected chi connectivity index (χ1v) is 7.78. The van der Waals surface area contributed by atoms with E-state index in [4.69, 9.17) is 4.74 Å². The highest BCUT2D eigenvalue weighted by Gasteiger charge is 2.53. The van der Waals surface area contributed by atoms with Crippen molar-refractivity contribution in [2.75, 3.05) is 33.4 Å². The molecule has 0 radical (unpaired) electrons. The minimum Gasteiger partial charge on any atom is -0.380 e. The second-order valence-corrected chi connectivity index (χ2v) is 7.30. The lowest BCUT2D eigenvalue weighted by atomic mass is 9.65. The van der Waals surface area contributed by atoms with E-state index in [2.05, 4.69) is 56.8 Å². The smallest absolute Gasteiger partial charge is 0.194 e. The van der Waals surface area contributed by atoms with Crippen molar-refractivity contribution in [1.82, 2.24) is 10.2 Å². The molecule has 0 spiro atoms. The van der Waals surface area contributed by atoms with Gasteiger partial charge in [-0.3, -0.25) is 4.99 Å². The molecule has 4 nitrogen and oxygen atoms in total. The van der Waals surface area contributed by atoms with Crippen LogP contribution in [-0.4, -0.2) is 49.7 Å². The summed E-state index contributed by atoms with van der Waals surface area (Å²) in [5, 5.41) is 3.40. The van der Waals surface area contributed by atoms with Crippen LogP contribution in [0.2, 0.25) is 0 Å². The number of hydrogen-bond donors (Lipinski definition) is 1. The van der Waals surface area contributed by atoms with Crippen molar-refractivity contribution in [2.24, 2.45) is 16.3 Å². The Hall–Kier alpha value is -0.0400. The number of aliphatic imine (C=N–C) groups is 1. The zero-order valence-electron chi connectivity index (χ0n) is 14.8. The Bertz CT molecular complexity index is 340. The van der Waals surface area contributed by atoms with Crippen LogP contribution in [0.25, 0.3) is 0 Å². The first-order chi connectivity index (χ1) is 9.22. The molecule has 0 atom stereocenters. The van der Waals surface area contributed by atoms with E-state index in [1.165, 1.54) is 0 Å². The number of ether oxygens (including phenoxy) is 1. The molecule has 1 fully saturated rings. The molecule has 1 aliphatic heterocycles. The molecule has 1 aliphatic rings.